The van der Waals surface area contributed by atoms with Crippen molar-refractivity contribution in [2.75, 3.05) is 6.61 Å². The van der Waals surface area contributed by atoms with Gasteiger partial charge in [-0.05, 0) is 59.7 Å². The van der Waals surface area contributed by atoms with Crippen molar-refractivity contribution in [3.63, 3.8) is 0 Å². The second-order valence-corrected chi connectivity index (χ2v) is 12.7. The van der Waals surface area contributed by atoms with E-state index in [4.69, 9.17) is 9.47 Å². The summed E-state index contributed by atoms with van der Waals surface area (Å²) < 4.78 is 11.8. The molecular weight excluding hydrogens is 552 g/mol. The Balaban J connectivity index is 1.39. The Bertz CT molecular complexity index is 1180. The number of hydrogen-bond donors (Lipinski definition) is 0. The zero-order valence-electron chi connectivity index (χ0n) is 28.7. The maximum Gasteiger partial charge on any atom is 0.306 e. The Hall–Kier alpha value is -3.07. The van der Waals surface area contributed by atoms with Crippen molar-refractivity contribution in [2.45, 2.75) is 142 Å². The summed E-state index contributed by atoms with van der Waals surface area (Å²) in [5.41, 5.74) is 5.72. The van der Waals surface area contributed by atoms with Crippen molar-refractivity contribution in [3.8, 4) is 28.0 Å². The van der Waals surface area contributed by atoms with E-state index in [0.717, 1.165) is 42.7 Å². The minimum absolute atomic E-state index is 0.107. The van der Waals surface area contributed by atoms with Crippen LogP contribution in [-0.4, -0.2) is 12.6 Å². The molecule has 246 valence electrons. The third kappa shape index (κ3) is 14.3. The first kappa shape index (κ1) is 36.4. The van der Waals surface area contributed by atoms with Crippen molar-refractivity contribution in [3.05, 3.63) is 78.4 Å². The Morgan fingerprint density at radius 3 is 1.51 bits per heavy atom. The third-order valence-corrected chi connectivity index (χ3v) is 8.84. The lowest BCUT2D eigenvalue weighted by molar-refractivity contribution is -0.148. The van der Waals surface area contributed by atoms with E-state index in [9.17, 15) is 4.79 Å². The maximum absolute atomic E-state index is 12.2. The van der Waals surface area contributed by atoms with Gasteiger partial charge >= 0.3 is 5.97 Å². The number of benzene rings is 3. The molecule has 0 aliphatic carbocycles. The lowest BCUT2D eigenvalue weighted by Crippen LogP contribution is -2.08. The van der Waals surface area contributed by atoms with Crippen LogP contribution in [0.5, 0.6) is 5.75 Å². The van der Waals surface area contributed by atoms with Crippen LogP contribution in [-0.2, 0) is 9.53 Å². The third-order valence-electron chi connectivity index (χ3n) is 8.84. The summed E-state index contributed by atoms with van der Waals surface area (Å²) in [6.07, 6.45) is 22.3. The number of esters is 1. The Labute approximate surface area is 275 Å². The van der Waals surface area contributed by atoms with Gasteiger partial charge < -0.3 is 9.47 Å². The summed E-state index contributed by atoms with van der Waals surface area (Å²) in [4.78, 5) is 12.2. The topological polar surface area (TPSA) is 35.5 Å². The number of unbranched alkanes of at least 4 members (excludes halogenated alkanes) is 15. The van der Waals surface area contributed by atoms with Crippen LogP contribution in [0.1, 0.15) is 148 Å². The predicted molar refractivity (Wildman–Crippen MR) is 192 cm³/mol. The van der Waals surface area contributed by atoms with E-state index in [-0.39, 0.29) is 12.1 Å². The van der Waals surface area contributed by atoms with E-state index in [0.29, 0.717) is 6.42 Å². The van der Waals surface area contributed by atoms with E-state index >= 15 is 0 Å². The molecule has 3 nitrogen and oxygen atoms in total. The largest absolute Gasteiger partial charge is 0.494 e. The number of rotatable bonds is 24. The first-order valence-electron chi connectivity index (χ1n) is 18.2. The van der Waals surface area contributed by atoms with E-state index in [1.54, 1.807) is 0 Å². The molecule has 0 aromatic heterocycles. The molecule has 45 heavy (non-hydrogen) atoms. The van der Waals surface area contributed by atoms with Gasteiger partial charge in [0.05, 0.1) is 6.61 Å². The molecule has 1 unspecified atom stereocenters. The Morgan fingerprint density at radius 2 is 1.00 bits per heavy atom. The molecule has 0 saturated heterocycles. The van der Waals surface area contributed by atoms with Gasteiger partial charge in [-0.3, -0.25) is 4.79 Å². The fraction of sp³-hybridized carbons (Fsp3) is 0.548. The fourth-order valence-corrected chi connectivity index (χ4v) is 5.98. The van der Waals surface area contributed by atoms with Crippen LogP contribution in [0.4, 0.5) is 0 Å². The van der Waals surface area contributed by atoms with E-state index in [1.165, 1.54) is 107 Å². The van der Waals surface area contributed by atoms with E-state index in [1.807, 2.05) is 6.92 Å². The monoisotopic (exact) mass is 612 g/mol. The highest BCUT2D eigenvalue weighted by atomic mass is 16.5. The highest BCUT2D eigenvalue weighted by molar-refractivity contribution is 5.83. The Morgan fingerprint density at radius 1 is 0.556 bits per heavy atom. The molecule has 0 N–H and O–H groups in total. The van der Waals surface area contributed by atoms with Gasteiger partial charge in [0, 0.05) is 6.42 Å². The zero-order chi connectivity index (χ0) is 32.0. The highest BCUT2D eigenvalue weighted by Gasteiger charge is 2.13. The molecule has 1 atom stereocenters. The maximum atomic E-state index is 12.2. The van der Waals surface area contributed by atoms with Gasteiger partial charge in [-0.25, -0.2) is 0 Å². The summed E-state index contributed by atoms with van der Waals surface area (Å²) in [5, 5.41) is 0. The summed E-state index contributed by atoms with van der Waals surface area (Å²) >= 11 is 0. The van der Waals surface area contributed by atoms with Crippen LogP contribution >= 0.6 is 0 Å². The molecule has 3 heteroatoms. The minimum atomic E-state index is -0.250. The molecule has 0 radical (unpaired) electrons. The zero-order valence-corrected chi connectivity index (χ0v) is 28.7. The van der Waals surface area contributed by atoms with Gasteiger partial charge in [0.15, 0.2) is 0 Å². The number of ether oxygens (including phenoxy) is 2. The SMILES string of the molecule is CCCCCCCCCCCCCCCOc1ccc(-c2ccccc2-c2ccc(C(C)OC(=O)CCCCCC)cc2)cc1. The van der Waals surface area contributed by atoms with Crippen molar-refractivity contribution in [2.24, 2.45) is 0 Å². The first-order chi connectivity index (χ1) is 22.1. The minimum Gasteiger partial charge on any atom is -0.494 e. The van der Waals surface area contributed by atoms with Crippen LogP contribution in [0.3, 0.4) is 0 Å². The van der Waals surface area contributed by atoms with Crippen LogP contribution in [0.15, 0.2) is 72.8 Å². The van der Waals surface area contributed by atoms with Gasteiger partial charge in [-0.15, -0.1) is 0 Å². The van der Waals surface area contributed by atoms with Crippen molar-refractivity contribution < 1.29 is 14.3 Å². The van der Waals surface area contributed by atoms with Crippen LogP contribution in [0, 0.1) is 0 Å². The van der Waals surface area contributed by atoms with Crippen molar-refractivity contribution in [1.29, 1.82) is 0 Å². The molecule has 3 rings (SSSR count). The van der Waals surface area contributed by atoms with E-state index in [2.05, 4.69) is 86.6 Å². The molecule has 0 heterocycles. The summed E-state index contributed by atoms with van der Waals surface area (Å²) in [7, 11) is 0. The second-order valence-electron chi connectivity index (χ2n) is 12.7. The summed E-state index contributed by atoms with van der Waals surface area (Å²) in [5.74, 6) is 0.832. The van der Waals surface area contributed by atoms with E-state index < -0.39 is 0 Å². The van der Waals surface area contributed by atoms with Gasteiger partial charge in [0.1, 0.15) is 11.9 Å². The Kier molecular flexibility index (Phi) is 18.1. The number of carbonyl (C=O) groups is 1. The lowest BCUT2D eigenvalue weighted by atomic mass is 9.93. The van der Waals surface area contributed by atoms with Crippen LogP contribution in [0.25, 0.3) is 22.3 Å². The van der Waals surface area contributed by atoms with Crippen LogP contribution < -0.4 is 4.74 Å². The summed E-state index contributed by atoms with van der Waals surface area (Å²) in [6.45, 7) is 7.20. The second kappa shape index (κ2) is 22.4. The molecular formula is C42H60O3. The summed E-state index contributed by atoms with van der Waals surface area (Å²) in [6, 6.07) is 25.5. The van der Waals surface area contributed by atoms with Gasteiger partial charge in [0.25, 0.3) is 0 Å². The standard InChI is InChI=1S/C42H60O3/c1-4-6-8-10-11-12-13-14-15-16-17-18-22-34-44-39-32-30-38(31-33-39)41-24-21-20-23-40(41)37-28-26-36(27-29-37)35(3)45-42(43)25-19-9-7-5-2/h20-21,23-24,26-33,35H,4-19,22,25,34H2,1-3H3. The van der Waals surface area contributed by atoms with Crippen LogP contribution in [0.2, 0.25) is 0 Å². The molecule has 0 fully saturated rings. The quantitative estimate of drug-likeness (QED) is 0.0745. The number of carbonyl (C=O) groups excluding carboxylic acids is 1. The highest BCUT2D eigenvalue weighted by Crippen LogP contribution is 2.34. The molecule has 0 aliphatic heterocycles. The molecule has 0 bridgehead atoms. The van der Waals surface area contributed by atoms with Gasteiger partial charge in [0.2, 0.25) is 0 Å². The predicted octanol–water partition coefficient (Wildman–Crippen LogP) is 13.1. The molecule has 0 aliphatic rings. The average Bonchev–Trinajstić information content (AvgIpc) is 3.07. The number of hydrogen-bond acceptors (Lipinski definition) is 3. The molecule has 3 aromatic rings. The molecule has 0 spiro atoms. The average molecular weight is 613 g/mol. The van der Waals surface area contributed by atoms with Crippen molar-refractivity contribution >= 4 is 5.97 Å². The van der Waals surface area contributed by atoms with Gasteiger partial charge in [-0.1, -0.05) is 171 Å². The van der Waals surface area contributed by atoms with Gasteiger partial charge in [-0.2, -0.15) is 0 Å². The molecule has 0 amide bonds. The molecule has 0 saturated carbocycles. The first-order valence-corrected chi connectivity index (χ1v) is 18.2. The normalized spacial score (nSPS) is 11.8. The van der Waals surface area contributed by atoms with Crippen molar-refractivity contribution in [1.82, 2.24) is 0 Å². The fourth-order valence-electron chi connectivity index (χ4n) is 5.98. The molecule has 3 aromatic carbocycles. The lowest BCUT2D eigenvalue weighted by Gasteiger charge is -2.15. The smallest absolute Gasteiger partial charge is 0.306 e.